The van der Waals surface area contributed by atoms with Gasteiger partial charge in [0.15, 0.2) is 0 Å². The molecule has 1 amide bonds. The number of hydrogen-bond donors (Lipinski definition) is 1. The van der Waals surface area contributed by atoms with Crippen molar-refractivity contribution in [2.24, 2.45) is 0 Å². The Hall–Kier alpha value is -2.92. The fraction of sp³-hybridized carbons (Fsp3) is 0.125. The number of hydrogen-bond acceptors (Lipinski definition) is 1. The van der Waals surface area contributed by atoms with Crippen LogP contribution in [0.4, 0.5) is 4.39 Å². The molecule has 5 heteroatoms. The van der Waals surface area contributed by atoms with Gasteiger partial charge in [0.05, 0.1) is 11.6 Å². The summed E-state index contributed by atoms with van der Waals surface area (Å²) >= 11 is 3.50. The topological polar surface area (TPSA) is 36.1 Å². The Morgan fingerprint density at radius 3 is 2.52 bits per heavy atom. The van der Waals surface area contributed by atoms with Crippen LogP contribution in [0, 0.1) is 5.82 Å². The molecule has 3 aromatic carbocycles. The van der Waals surface area contributed by atoms with E-state index >= 15 is 0 Å². The van der Waals surface area contributed by atoms with Gasteiger partial charge in [-0.25, -0.2) is 4.39 Å². The summed E-state index contributed by atoms with van der Waals surface area (Å²) in [5, 5.41) is 1.18. The normalized spacial score (nSPS) is 16.1. The Balaban J connectivity index is 1.68. The molecule has 144 valence electrons. The molecule has 0 unspecified atom stereocenters. The predicted octanol–water partition coefficient (Wildman–Crippen LogP) is 5.86. The molecule has 0 saturated heterocycles. The number of benzene rings is 3. The highest BCUT2D eigenvalue weighted by molar-refractivity contribution is 9.10. The molecule has 1 aromatic heterocycles. The average molecular weight is 449 g/mol. The zero-order valence-corrected chi connectivity index (χ0v) is 17.1. The first-order chi connectivity index (χ1) is 14.1. The maximum atomic E-state index is 13.6. The Morgan fingerprint density at radius 1 is 1.00 bits per heavy atom. The summed E-state index contributed by atoms with van der Waals surface area (Å²) in [6.45, 7) is 0.594. The maximum Gasteiger partial charge on any atom is 0.255 e. The zero-order valence-electron chi connectivity index (χ0n) is 15.5. The Bertz CT molecular complexity index is 1220. The largest absolute Gasteiger partial charge is 0.356 e. The molecule has 0 saturated carbocycles. The van der Waals surface area contributed by atoms with Crippen LogP contribution in [0.3, 0.4) is 0 Å². The number of amides is 1. The number of halogens is 2. The molecule has 29 heavy (non-hydrogen) atoms. The van der Waals surface area contributed by atoms with Crippen molar-refractivity contribution in [2.45, 2.75) is 12.5 Å². The van der Waals surface area contributed by atoms with Gasteiger partial charge >= 0.3 is 0 Å². The van der Waals surface area contributed by atoms with Crippen LogP contribution < -0.4 is 0 Å². The molecular weight excluding hydrogens is 431 g/mol. The molecule has 1 aliphatic heterocycles. The van der Waals surface area contributed by atoms with Crippen molar-refractivity contribution in [3.63, 3.8) is 0 Å². The number of carbonyl (C=O) groups is 1. The van der Waals surface area contributed by atoms with Gasteiger partial charge in [0.2, 0.25) is 0 Å². The van der Waals surface area contributed by atoms with Crippen LogP contribution in [-0.2, 0) is 6.42 Å². The third-order valence-electron chi connectivity index (χ3n) is 5.59. The van der Waals surface area contributed by atoms with Crippen molar-refractivity contribution in [3.05, 3.63) is 105 Å². The van der Waals surface area contributed by atoms with Gasteiger partial charge in [0, 0.05) is 27.6 Å². The molecule has 4 aromatic rings. The highest BCUT2D eigenvalue weighted by atomic mass is 79.9. The van der Waals surface area contributed by atoms with Gasteiger partial charge in [-0.2, -0.15) is 0 Å². The minimum atomic E-state index is -0.300. The minimum Gasteiger partial charge on any atom is -0.356 e. The lowest BCUT2D eigenvalue weighted by Gasteiger charge is -2.36. The van der Waals surface area contributed by atoms with E-state index in [1.54, 1.807) is 12.1 Å². The number of nitrogens with one attached hydrogen (secondary N) is 1. The number of nitrogens with zero attached hydrogens (tertiary/aromatic N) is 1. The van der Waals surface area contributed by atoms with Crippen molar-refractivity contribution in [1.82, 2.24) is 9.88 Å². The van der Waals surface area contributed by atoms with Gasteiger partial charge in [-0.05, 0) is 63.8 Å². The van der Waals surface area contributed by atoms with Crippen LogP contribution in [0.25, 0.3) is 10.9 Å². The number of rotatable bonds is 2. The van der Waals surface area contributed by atoms with E-state index in [-0.39, 0.29) is 17.8 Å². The van der Waals surface area contributed by atoms with Crippen LogP contribution >= 0.6 is 15.9 Å². The van der Waals surface area contributed by atoms with Gasteiger partial charge in [0.25, 0.3) is 5.91 Å². The summed E-state index contributed by atoms with van der Waals surface area (Å²) < 4.78 is 14.4. The Kier molecular flexibility index (Phi) is 4.47. The van der Waals surface area contributed by atoms with Crippen molar-refractivity contribution in [3.8, 4) is 0 Å². The predicted molar refractivity (Wildman–Crippen MR) is 115 cm³/mol. The van der Waals surface area contributed by atoms with E-state index < -0.39 is 0 Å². The lowest BCUT2D eigenvalue weighted by Crippen LogP contribution is -2.40. The first-order valence-corrected chi connectivity index (χ1v) is 10.3. The summed E-state index contributed by atoms with van der Waals surface area (Å²) in [7, 11) is 0. The third kappa shape index (κ3) is 3.06. The molecule has 1 N–H and O–H groups in total. The van der Waals surface area contributed by atoms with E-state index in [4.69, 9.17) is 0 Å². The number of para-hydroxylation sites is 1. The number of H-pyrrole nitrogens is 1. The second-order valence-corrected chi connectivity index (χ2v) is 8.10. The minimum absolute atomic E-state index is 0.0453. The number of aromatic nitrogens is 1. The Labute approximate surface area is 176 Å². The van der Waals surface area contributed by atoms with Gasteiger partial charge in [-0.15, -0.1) is 0 Å². The third-order valence-corrected chi connectivity index (χ3v) is 6.28. The first-order valence-electron chi connectivity index (χ1n) is 9.54. The standard InChI is InChI=1S/C24H18BrFN2O/c25-20-7-3-1-6-19(20)24(29)28-14-13-18-17-5-2-4-8-21(17)27-22(18)23(28)15-9-11-16(26)12-10-15/h1-12,23,27H,13-14H2/t23-/m1/s1. The lowest BCUT2D eigenvalue weighted by molar-refractivity contribution is 0.0691. The maximum absolute atomic E-state index is 13.6. The fourth-order valence-electron chi connectivity index (χ4n) is 4.24. The smallest absolute Gasteiger partial charge is 0.255 e. The van der Waals surface area contributed by atoms with Crippen molar-refractivity contribution >= 4 is 32.7 Å². The molecule has 5 rings (SSSR count). The summed E-state index contributed by atoms with van der Waals surface area (Å²) in [4.78, 5) is 18.9. The molecule has 0 aliphatic carbocycles. The second-order valence-electron chi connectivity index (χ2n) is 7.25. The average Bonchev–Trinajstić information content (AvgIpc) is 3.12. The van der Waals surface area contributed by atoms with E-state index in [1.807, 2.05) is 41.3 Å². The van der Waals surface area contributed by atoms with Gasteiger partial charge < -0.3 is 9.88 Å². The summed E-state index contributed by atoms with van der Waals surface area (Å²) in [5.41, 5.74) is 4.80. The summed E-state index contributed by atoms with van der Waals surface area (Å²) in [5.74, 6) is -0.332. The van der Waals surface area contributed by atoms with Gasteiger partial charge in [-0.3, -0.25) is 4.79 Å². The van der Waals surface area contributed by atoms with Gasteiger partial charge in [0.1, 0.15) is 5.82 Å². The van der Waals surface area contributed by atoms with Crippen LogP contribution in [0.15, 0.2) is 77.3 Å². The van der Waals surface area contributed by atoms with Gasteiger partial charge in [-0.1, -0.05) is 42.5 Å². The highest BCUT2D eigenvalue weighted by Gasteiger charge is 2.35. The van der Waals surface area contributed by atoms with Crippen LogP contribution in [0.1, 0.15) is 33.2 Å². The number of fused-ring (bicyclic) bond motifs is 3. The van der Waals surface area contributed by atoms with Crippen molar-refractivity contribution < 1.29 is 9.18 Å². The van der Waals surface area contributed by atoms with E-state index in [1.165, 1.54) is 23.1 Å². The molecule has 0 bridgehead atoms. The van der Waals surface area contributed by atoms with Crippen LogP contribution in [0.5, 0.6) is 0 Å². The molecule has 2 heterocycles. The molecule has 0 fully saturated rings. The molecule has 0 radical (unpaired) electrons. The molecule has 1 atom stereocenters. The summed E-state index contributed by atoms with van der Waals surface area (Å²) in [6.07, 6.45) is 0.771. The molecule has 3 nitrogen and oxygen atoms in total. The molecular formula is C24H18BrFN2O. The fourth-order valence-corrected chi connectivity index (χ4v) is 4.70. The van der Waals surface area contributed by atoms with E-state index in [0.29, 0.717) is 12.1 Å². The second kappa shape index (κ2) is 7.16. The molecule has 0 spiro atoms. The summed E-state index contributed by atoms with van der Waals surface area (Å²) in [6, 6.07) is 21.8. The van der Waals surface area contributed by atoms with Crippen LogP contribution in [-0.4, -0.2) is 22.3 Å². The number of carbonyl (C=O) groups excluding carboxylic acids is 1. The van der Waals surface area contributed by atoms with Crippen LogP contribution in [0.2, 0.25) is 0 Å². The van der Waals surface area contributed by atoms with Crippen molar-refractivity contribution in [1.29, 1.82) is 0 Å². The SMILES string of the molecule is O=C(c1ccccc1Br)N1CCc2c([nH]c3ccccc23)[C@H]1c1ccc(F)cc1. The lowest BCUT2D eigenvalue weighted by atomic mass is 9.91. The van der Waals surface area contributed by atoms with E-state index in [9.17, 15) is 9.18 Å². The van der Waals surface area contributed by atoms with E-state index in [0.717, 1.165) is 27.7 Å². The zero-order chi connectivity index (χ0) is 20.0. The monoisotopic (exact) mass is 448 g/mol. The van der Waals surface area contributed by atoms with E-state index in [2.05, 4.69) is 33.0 Å². The quantitative estimate of drug-likeness (QED) is 0.409. The van der Waals surface area contributed by atoms with Crippen molar-refractivity contribution in [2.75, 3.05) is 6.54 Å². The number of aromatic amines is 1. The molecule has 1 aliphatic rings. The first kappa shape index (κ1) is 18.1. The highest BCUT2D eigenvalue weighted by Crippen LogP contribution is 2.39. The Morgan fingerprint density at radius 2 is 1.72 bits per heavy atom.